The summed E-state index contributed by atoms with van der Waals surface area (Å²) in [6.07, 6.45) is -3.71. The van der Waals surface area contributed by atoms with Crippen LogP contribution >= 0.6 is 0 Å². The third-order valence-electron chi connectivity index (χ3n) is 4.37. The highest BCUT2D eigenvalue weighted by molar-refractivity contribution is 5.59. The number of benzene rings is 2. The maximum absolute atomic E-state index is 12.8. The Hall–Kier alpha value is -1.97. The zero-order chi connectivity index (χ0) is 16.8. The van der Waals surface area contributed by atoms with E-state index >= 15 is 0 Å². The molecule has 0 fully saturated rings. The number of hydrogen-bond acceptors (Lipinski definition) is 1. The van der Waals surface area contributed by atoms with Gasteiger partial charge < -0.3 is 5.32 Å². The summed E-state index contributed by atoms with van der Waals surface area (Å²) in [5, 5.41) is 3.32. The molecule has 0 saturated carbocycles. The Labute approximate surface area is 134 Å². The van der Waals surface area contributed by atoms with Crippen molar-refractivity contribution in [3.8, 4) is 0 Å². The fourth-order valence-corrected chi connectivity index (χ4v) is 2.96. The van der Waals surface area contributed by atoms with E-state index in [1.54, 1.807) is 0 Å². The first kappa shape index (κ1) is 15.9. The van der Waals surface area contributed by atoms with Crippen LogP contribution in [0.2, 0.25) is 0 Å². The Morgan fingerprint density at radius 2 is 1.52 bits per heavy atom. The summed E-state index contributed by atoms with van der Waals surface area (Å²) in [5.74, 6) is 0. The van der Waals surface area contributed by atoms with E-state index in [2.05, 4.69) is 50.4 Å². The van der Waals surface area contributed by atoms with Gasteiger partial charge in [0.1, 0.15) is 0 Å². The number of halogens is 3. The van der Waals surface area contributed by atoms with Crippen molar-refractivity contribution < 1.29 is 13.2 Å². The third-order valence-corrected chi connectivity index (χ3v) is 4.37. The van der Waals surface area contributed by atoms with E-state index in [0.717, 1.165) is 22.9 Å². The molecule has 2 aromatic rings. The molecule has 122 valence electrons. The van der Waals surface area contributed by atoms with E-state index in [-0.39, 0.29) is 11.5 Å². The van der Waals surface area contributed by atoms with Crippen LogP contribution in [-0.2, 0) is 18.0 Å². The summed E-state index contributed by atoms with van der Waals surface area (Å²) in [5.41, 5.74) is 3.37. The summed E-state index contributed by atoms with van der Waals surface area (Å²) in [4.78, 5) is 0. The van der Waals surface area contributed by atoms with Crippen LogP contribution in [0.5, 0.6) is 0 Å². The Kier molecular flexibility index (Phi) is 3.66. The maximum atomic E-state index is 12.8. The molecule has 1 unspecified atom stereocenters. The molecule has 2 aromatic carbocycles. The highest BCUT2D eigenvalue weighted by atomic mass is 19.4. The van der Waals surface area contributed by atoms with Crippen molar-refractivity contribution in [2.24, 2.45) is 0 Å². The smallest absolute Gasteiger partial charge is 0.378 e. The zero-order valence-electron chi connectivity index (χ0n) is 13.5. The summed E-state index contributed by atoms with van der Waals surface area (Å²) >= 11 is 0. The SMILES string of the molecule is CC(C)(C)c1ccc(C2Cc3cc(C(F)(F)F)ccc3N2)cc1. The first-order valence-corrected chi connectivity index (χ1v) is 7.72. The highest BCUT2D eigenvalue weighted by Gasteiger charge is 2.32. The second-order valence-electron chi connectivity index (χ2n) is 7.14. The largest absolute Gasteiger partial charge is 0.416 e. The highest BCUT2D eigenvalue weighted by Crippen LogP contribution is 2.38. The molecule has 1 aliphatic rings. The summed E-state index contributed by atoms with van der Waals surface area (Å²) in [6, 6.07) is 12.3. The van der Waals surface area contributed by atoms with Crippen LogP contribution in [0.1, 0.15) is 49.1 Å². The Balaban J connectivity index is 1.82. The number of rotatable bonds is 1. The van der Waals surface area contributed by atoms with E-state index in [1.165, 1.54) is 17.7 Å². The fraction of sp³-hybridized carbons (Fsp3) is 0.368. The Bertz CT molecular complexity index is 709. The van der Waals surface area contributed by atoms with Gasteiger partial charge in [-0.15, -0.1) is 0 Å². The van der Waals surface area contributed by atoms with Crippen LogP contribution in [0.25, 0.3) is 0 Å². The van der Waals surface area contributed by atoms with Gasteiger partial charge in [0, 0.05) is 5.69 Å². The minimum Gasteiger partial charge on any atom is -0.378 e. The molecular weight excluding hydrogens is 299 g/mol. The molecule has 0 radical (unpaired) electrons. The van der Waals surface area contributed by atoms with Gasteiger partial charge in [-0.2, -0.15) is 13.2 Å². The molecule has 1 N–H and O–H groups in total. The fourth-order valence-electron chi connectivity index (χ4n) is 2.96. The zero-order valence-corrected chi connectivity index (χ0v) is 13.5. The van der Waals surface area contributed by atoms with Gasteiger partial charge in [0.2, 0.25) is 0 Å². The van der Waals surface area contributed by atoms with Crippen LogP contribution in [0.4, 0.5) is 18.9 Å². The third kappa shape index (κ3) is 3.21. The second kappa shape index (κ2) is 5.29. The average Bonchev–Trinajstić information content (AvgIpc) is 2.88. The lowest BCUT2D eigenvalue weighted by Gasteiger charge is -2.20. The monoisotopic (exact) mass is 319 g/mol. The molecule has 23 heavy (non-hydrogen) atoms. The van der Waals surface area contributed by atoms with Crippen LogP contribution in [0, 0.1) is 0 Å². The van der Waals surface area contributed by atoms with Crippen LogP contribution < -0.4 is 5.32 Å². The van der Waals surface area contributed by atoms with E-state index in [4.69, 9.17) is 0 Å². The second-order valence-corrected chi connectivity index (χ2v) is 7.14. The minimum absolute atomic E-state index is 0.0301. The van der Waals surface area contributed by atoms with Crippen molar-refractivity contribution in [2.45, 2.75) is 44.8 Å². The van der Waals surface area contributed by atoms with E-state index < -0.39 is 11.7 Å². The quantitative estimate of drug-likeness (QED) is 0.709. The van der Waals surface area contributed by atoms with Gasteiger partial charge in [0.15, 0.2) is 0 Å². The summed E-state index contributed by atoms with van der Waals surface area (Å²) < 4.78 is 38.4. The van der Waals surface area contributed by atoms with Crippen molar-refractivity contribution in [1.82, 2.24) is 0 Å². The molecule has 0 bridgehead atoms. The molecule has 0 aromatic heterocycles. The van der Waals surface area contributed by atoms with Crippen LogP contribution in [-0.4, -0.2) is 0 Å². The van der Waals surface area contributed by atoms with Gasteiger partial charge in [-0.25, -0.2) is 0 Å². The molecule has 4 heteroatoms. The van der Waals surface area contributed by atoms with Gasteiger partial charge in [0.05, 0.1) is 11.6 Å². The van der Waals surface area contributed by atoms with Crippen LogP contribution in [0.3, 0.4) is 0 Å². The lowest BCUT2D eigenvalue weighted by atomic mass is 9.86. The molecule has 1 atom stereocenters. The van der Waals surface area contributed by atoms with Crippen molar-refractivity contribution >= 4 is 5.69 Å². The van der Waals surface area contributed by atoms with Gasteiger partial charge >= 0.3 is 6.18 Å². The van der Waals surface area contributed by atoms with Crippen molar-refractivity contribution in [3.63, 3.8) is 0 Å². The average molecular weight is 319 g/mol. The number of nitrogens with one attached hydrogen (secondary N) is 1. The molecule has 0 amide bonds. The van der Waals surface area contributed by atoms with Crippen molar-refractivity contribution in [2.75, 3.05) is 5.32 Å². The Morgan fingerprint density at radius 1 is 0.913 bits per heavy atom. The van der Waals surface area contributed by atoms with Gasteiger partial charge in [-0.3, -0.25) is 0 Å². The predicted molar refractivity (Wildman–Crippen MR) is 86.7 cm³/mol. The number of alkyl halides is 3. The van der Waals surface area contributed by atoms with Crippen LogP contribution in [0.15, 0.2) is 42.5 Å². The Morgan fingerprint density at radius 3 is 2.09 bits per heavy atom. The lowest BCUT2D eigenvalue weighted by molar-refractivity contribution is -0.137. The topological polar surface area (TPSA) is 12.0 Å². The summed E-state index contributed by atoms with van der Waals surface area (Å²) in [6.45, 7) is 6.47. The maximum Gasteiger partial charge on any atom is 0.416 e. The first-order chi connectivity index (χ1) is 10.6. The molecule has 1 heterocycles. The predicted octanol–water partition coefficient (Wildman–Crippen LogP) is 5.71. The van der Waals surface area contributed by atoms with Crippen molar-refractivity contribution in [1.29, 1.82) is 0 Å². The van der Waals surface area contributed by atoms with E-state index in [9.17, 15) is 13.2 Å². The van der Waals surface area contributed by atoms with Crippen molar-refractivity contribution in [3.05, 3.63) is 64.7 Å². The standard InChI is InChI=1S/C19H20F3N/c1-18(2,3)14-6-4-12(5-7-14)17-11-13-10-15(19(20,21)22)8-9-16(13)23-17/h4-10,17,23H,11H2,1-3H3. The normalized spacial score (nSPS) is 17.7. The van der Waals surface area contributed by atoms with E-state index in [1.807, 2.05) is 0 Å². The number of anilines is 1. The molecule has 1 aliphatic heterocycles. The molecule has 0 spiro atoms. The molecule has 1 nitrogen and oxygen atoms in total. The first-order valence-electron chi connectivity index (χ1n) is 7.72. The van der Waals surface area contributed by atoms with E-state index in [0.29, 0.717) is 6.42 Å². The molecule has 0 aliphatic carbocycles. The van der Waals surface area contributed by atoms with Gasteiger partial charge in [-0.05, 0) is 46.7 Å². The molecule has 3 rings (SSSR count). The lowest BCUT2D eigenvalue weighted by Crippen LogP contribution is -2.12. The molecule has 0 saturated heterocycles. The summed E-state index contributed by atoms with van der Waals surface area (Å²) in [7, 11) is 0. The number of hydrogen-bond donors (Lipinski definition) is 1. The number of fused-ring (bicyclic) bond motifs is 1. The van der Waals surface area contributed by atoms with Gasteiger partial charge in [-0.1, -0.05) is 45.0 Å². The minimum atomic E-state index is -4.29. The molecular formula is C19H20F3N. The van der Waals surface area contributed by atoms with Gasteiger partial charge in [0.25, 0.3) is 0 Å².